The summed E-state index contributed by atoms with van der Waals surface area (Å²) in [7, 11) is -4.00. The van der Waals surface area contributed by atoms with Crippen LogP contribution in [0.2, 0.25) is 0 Å². The second-order valence-corrected chi connectivity index (χ2v) is 8.48. The number of rotatable bonds is 9. The summed E-state index contributed by atoms with van der Waals surface area (Å²) < 4.78 is 47.1. The van der Waals surface area contributed by atoms with E-state index in [-0.39, 0.29) is 17.0 Å². The molecule has 0 aliphatic carbocycles. The Hall–Kier alpha value is -3.23. The summed E-state index contributed by atoms with van der Waals surface area (Å²) in [5.41, 5.74) is 1.01. The Morgan fingerprint density at radius 1 is 1.00 bits per heavy atom. The second kappa shape index (κ2) is 10.2. The van der Waals surface area contributed by atoms with E-state index in [2.05, 4.69) is 10.0 Å². The average Bonchev–Trinajstić information content (AvgIpc) is 2.74. The fourth-order valence-electron chi connectivity index (χ4n) is 2.97. The van der Waals surface area contributed by atoms with E-state index in [1.54, 1.807) is 36.4 Å². The molecule has 0 unspecified atom stereocenters. The Morgan fingerprint density at radius 3 is 2.35 bits per heavy atom. The minimum absolute atomic E-state index is 0.00701. The lowest BCUT2D eigenvalue weighted by Gasteiger charge is -2.19. The van der Waals surface area contributed by atoms with E-state index in [0.29, 0.717) is 12.4 Å². The van der Waals surface area contributed by atoms with Gasteiger partial charge in [-0.3, -0.25) is 4.79 Å². The van der Waals surface area contributed by atoms with Crippen molar-refractivity contribution in [2.24, 2.45) is 0 Å². The standard InChI is InChI=1S/C23H23FN2O4S/c1-2-30-20-11-13-21(14-12-20)31(28,29)26-22(15-17-7-4-3-5-8-17)23(27)25-19-10-6-9-18(24)16-19/h3-14,16,22,26H,2,15H2,1H3,(H,25,27)/t22-/m1/s1. The van der Waals surface area contributed by atoms with Gasteiger partial charge in [-0.15, -0.1) is 0 Å². The van der Waals surface area contributed by atoms with Crippen LogP contribution >= 0.6 is 0 Å². The molecule has 3 aromatic carbocycles. The average molecular weight is 443 g/mol. The number of ether oxygens (including phenoxy) is 1. The van der Waals surface area contributed by atoms with Crippen molar-refractivity contribution >= 4 is 21.6 Å². The van der Waals surface area contributed by atoms with Crippen LogP contribution in [-0.4, -0.2) is 27.0 Å². The first-order valence-electron chi connectivity index (χ1n) is 9.73. The fraction of sp³-hybridized carbons (Fsp3) is 0.174. The van der Waals surface area contributed by atoms with Gasteiger partial charge >= 0.3 is 0 Å². The third-order valence-corrected chi connectivity index (χ3v) is 5.92. The van der Waals surface area contributed by atoms with E-state index in [1.807, 2.05) is 13.0 Å². The van der Waals surface area contributed by atoms with Gasteiger partial charge < -0.3 is 10.1 Å². The van der Waals surface area contributed by atoms with Crippen LogP contribution in [0.4, 0.5) is 10.1 Å². The molecule has 2 N–H and O–H groups in total. The van der Waals surface area contributed by atoms with Gasteiger partial charge in [-0.25, -0.2) is 12.8 Å². The van der Waals surface area contributed by atoms with Gasteiger partial charge in [0.05, 0.1) is 11.5 Å². The molecule has 3 rings (SSSR count). The molecule has 0 fully saturated rings. The molecule has 6 nitrogen and oxygen atoms in total. The molecule has 0 radical (unpaired) electrons. The Labute approximate surface area is 181 Å². The molecule has 1 amide bonds. The number of sulfonamides is 1. The van der Waals surface area contributed by atoms with Crippen molar-refractivity contribution in [1.82, 2.24) is 4.72 Å². The van der Waals surface area contributed by atoms with Gasteiger partial charge in [0.15, 0.2) is 0 Å². The molecule has 0 saturated heterocycles. The number of nitrogens with one attached hydrogen (secondary N) is 2. The van der Waals surface area contributed by atoms with Crippen LogP contribution in [0.25, 0.3) is 0 Å². The lowest BCUT2D eigenvalue weighted by atomic mass is 10.1. The summed E-state index contributed by atoms with van der Waals surface area (Å²) in [4.78, 5) is 12.9. The van der Waals surface area contributed by atoms with Gasteiger partial charge in [-0.1, -0.05) is 36.4 Å². The lowest BCUT2D eigenvalue weighted by Crippen LogP contribution is -2.45. The molecule has 1 atom stereocenters. The van der Waals surface area contributed by atoms with E-state index < -0.39 is 27.8 Å². The van der Waals surface area contributed by atoms with Crippen molar-refractivity contribution in [3.8, 4) is 5.75 Å². The van der Waals surface area contributed by atoms with E-state index in [4.69, 9.17) is 4.74 Å². The first kappa shape index (κ1) is 22.5. The summed E-state index contributed by atoms with van der Waals surface area (Å²) in [5, 5.41) is 2.58. The van der Waals surface area contributed by atoms with Crippen molar-refractivity contribution in [3.63, 3.8) is 0 Å². The van der Waals surface area contributed by atoms with Gasteiger partial charge in [0.2, 0.25) is 15.9 Å². The van der Waals surface area contributed by atoms with E-state index in [9.17, 15) is 17.6 Å². The van der Waals surface area contributed by atoms with Crippen LogP contribution in [0.5, 0.6) is 5.75 Å². The van der Waals surface area contributed by atoms with Crippen molar-refractivity contribution < 1.29 is 22.3 Å². The van der Waals surface area contributed by atoms with Crippen molar-refractivity contribution in [2.75, 3.05) is 11.9 Å². The normalized spacial score (nSPS) is 12.2. The molecule has 3 aromatic rings. The van der Waals surface area contributed by atoms with E-state index in [0.717, 1.165) is 5.56 Å². The van der Waals surface area contributed by atoms with Crippen LogP contribution in [0.3, 0.4) is 0 Å². The summed E-state index contributed by atoms with van der Waals surface area (Å²) in [6.07, 6.45) is 0.123. The summed E-state index contributed by atoms with van der Waals surface area (Å²) >= 11 is 0. The maximum atomic E-state index is 13.5. The molecule has 0 aliphatic heterocycles. The zero-order valence-corrected chi connectivity index (χ0v) is 17.7. The number of carbonyl (C=O) groups excluding carboxylic acids is 1. The van der Waals surface area contributed by atoms with Gasteiger partial charge in [0.1, 0.15) is 17.6 Å². The molecule has 0 aliphatic rings. The number of amides is 1. The molecular weight excluding hydrogens is 419 g/mol. The van der Waals surface area contributed by atoms with Gasteiger partial charge in [-0.05, 0) is 61.4 Å². The Bertz CT molecular complexity index is 1120. The summed E-state index contributed by atoms with van der Waals surface area (Å²) in [6.45, 7) is 2.29. The molecule has 0 saturated carbocycles. The largest absolute Gasteiger partial charge is 0.494 e. The van der Waals surface area contributed by atoms with Crippen LogP contribution in [0.15, 0.2) is 83.8 Å². The quantitative estimate of drug-likeness (QED) is 0.529. The number of halogens is 1. The molecule has 0 bridgehead atoms. The minimum Gasteiger partial charge on any atom is -0.494 e. The molecule has 8 heteroatoms. The molecular formula is C23H23FN2O4S. The van der Waals surface area contributed by atoms with Crippen molar-refractivity contribution in [3.05, 3.63) is 90.2 Å². The van der Waals surface area contributed by atoms with Gasteiger partial charge in [0.25, 0.3) is 0 Å². The number of anilines is 1. The van der Waals surface area contributed by atoms with Gasteiger partial charge in [-0.2, -0.15) is 4.72 Å². The highest BCUT2D eigenvalue weighted by molar-refractivity contribution is 7.89. The van der Waals surface area contributed by atoms with E-state index >= 15 is 0 Å². The van der Waals surface area contributed by atoms with Crippen molar-refractivity contribution in [1.29, 1.82) is 0 Å². The Kier molecular flexibility index (Phi) is 7.38. The number of benzene rings is 3. The smallest absolute Gasteiger partial charge is 0.242 e. The third kappa shape index (κ3) is 6.37. The minimum atomic E-state index is -4.00. The topological polar surface area (TPSA) is 84.5 Å². The second-order valence-electron chi connectivity index (χ2n) is 6.77. The first-order valence-corrected chi connectivity index (χ1v) is 11.2. The fourth-order valence-corrected chi connectivity index (χ4v) is 4.17. The predicted molar refractivity (Wildman–Crippen MR) is 117 cm³/mol. The van der Waals surface area contributed by atoms with E-state index in [1.165, 1.54) is 36.4 Å². The van der Waals surface area contributed by atoms with Crippen LogP contribution in [0, 0.1) is 5.82 Å². The molecule has 0 heterocycles. The maximum absolute atomic E-state index is 13.5. The lowest BCUT2D eigenvalue weighted by molar-refractivity contribution is -0.117. The molecule has 0 aromatic heterocycles. The van der Waals surface area contributed by atoms with Crippen LogP contribution in [-0.2, 0) is 21.2 Å². The first-order chi connectivity index (χ1) is 14.9. The van der Waals surface area contributed by atoms with Crippen molar-refractivity contribution in [2.45, 2.75) is 24.3 Å². The SMILES string of the molecule is CCOc1ccc(S(=O)(=O)N[C@H](Cc2ccccc2)C(=O)Nc2cccc(F)c2)cc1. The molecule has 162 valence electrons. The zero-order valence-electron chi connectivity index (χ0n) is 16.9. The summed E-state index contributed by atoms with van der Waals surface area (Å²) in [6, 6.07) is 19.3. The summed E-state index contributed by atoms with van der Waals surface area (Å²) in [5.74, 6) is -0.553. The number of carbonyl (C=O) groups is 1. The van der Waals surface area contributed by atoms with Crippen LogP contribution < -0.4 is 14.8 Å². The predicted octanol–water partition coefficient (Wildman–Crippen LogP) is 3.75. The highest BCUT2D eigenvalue weighted by Crippen LogP contribution is 2.18. The highest BCUT2D eigenvalue weighted by Gasteiger charge is 2.26. The number of hydrogen-bond acceptors (Lipinski definition) is 4. The zero-order chi connectivity index (χ0) is 22.3. The third-order valence-electron chi connectivity index (χ3n) is 4.43. The van der Waals surface area contributed by atoms with Crippen LogP contribution in [0.1, 0.15) is 12.5 Å². The molecule has 0 spiro atoms. The maximum Gasteiger partial charge on any atom is 0.242 e. The van der Waals surface area contributed by atoms with Gasteiger partial charge in [0, 0.05) is 5.69 Å². The molecule has 31 heavy (non-hydrogen) atoms. The highest BCUT2D eigenvalue weighted by atomic mass is 32.2. The number of hydrogen-bond donors (Lipinski definition) is 2. The monoisotopic (exact) mass is 442 g/mol. The Morgan fingerprint density at radius 2 is 1.71 bits per heavy atom. The Balaban J connectivity index is 1.83.